The highest BCUT2D eigenvalue weighted by Crippen LogP contribution is 2.49. The van der Waals surface area contributed by atoms with Gasteiger partial charge in [-0.15, -0.1) is 0 Å². The van der Waals surface area contributed by atoms with Crippen LogP contribution in [0.4, 0.5) is 5.69 Å². The lowest BCUT2D eigenvalue weighted by Crippen LogP contribution is -2.18. The van der Waals surface area contributed by atoms with Crippen molar-refractivity contribution < 1.29 is 14.5 Å². The van der Waals surface area contributed by atoms with Gasteiger partial charge in [0.15, 0.2) is 0 Å². The third kappa shape index (κ3) is 2.66. The highest BCUT2D eigenvalue weighted by molar-refractivity contribution is 5.72. The summed E-state index contributed by atoms with van der Waals surface area (Å²) < 4.78 is 5.26. The Morgan fingerprint density at radius 3 is 2.55 bits per heavy atom. The zero-order valence-electron chi connectivity index (χ0n) is 11.2. The molecule has 0 amide bonds. The number of hydrogen-bond donors (Lipinski definition) is 0. The maximum absolute atomic E-state index is 11.9. The van der Waals surface area contributed by atoms with Gasteiger partial charge < -0.3 is 4.74 Å². The number of rotatable bonds is 4. The van der Waals surface area contributed by atoms with Gasteiger partial charge in [0.1, 0.15) is 5.75 Å². The normalized spacial score (nSPS) is 27.5. The van der Waals surface area contributed by atoms with E-state index in [0.29, 0.717) is 24.0 Å². The molecule has 1 aromatic carbocycles. The first kappa shape index (κ1) is 13.1. The van der Waals surface area contributed by atoms with E-state index in [1.54, 1.807) is 0 Å². The van der Waals surface area contributed by atoms with Crippen LogP contribution in [0.5, 0.6) is 5.75 Å². The summed E-state index contributed by atoms with van der Waals surface area (Å²) in [6.07, 6.45) is 5.46. The minimum atomic E-state index is -0.471. The van der Waals surface area contributed by atoms with E-state index in [9.17, 15) is 14.9 Å². The molecule has 0 N–H and O–H groups in total. The molecule has 0 radical (unpaired) electrons. The number of carbonyl (C=O) groups excluding carboxylic acids is 1. The highest BCUT2D eigenvalue weighted by atomic mass is 16.6. The predicted molar refractivity (Wildman–Crippen MR) is 72.3 cm³/mol. The smallest absolute Gasteiger partial charge is 0.311 e. The second-order valence-electron chi connectivity index (χ2n) is 5.86. The SMILES string of the molecule is O=C(CC1CC2CCC1C2)Oc1ccc([N+](=O)[O-])cc1. The number of nitro groups is 1. The molecule has 0 aliphatic heterocycles. The molecule has 0 saturated heterocycles. The Morgan fingerprint density at radius 1 is 1.25 bits per heavy atom. The summed E-state index contributed by atoms with van der Waals surface area (Å²) in [7, 11) is 0. The molecule has 3 unspecified atom stereocenters. The summed E-state index contributed by atoms with van der Waals surface area (Å²) >= 11 is 0. The third-order valence-electron chi connectivity index (χ3n) is 4.59. The molecule has 3 rings (SSSR count). The fraction of sp³-hybridized carbons (Fsp3) is 0.533. The lowest BCUT2D eigenvalue weighted by atomic mass is 9.86. The van der Waals surface area contributed by atoms with Crippen LogP contribution in [0, 0.1) is 27.9 Å². The van der Waals surface area contributed by atoms with Crippen LogP contribution in [0.3, 0.4) is 0 Å². The molecular weight excluding hydrogens is 258 g/mol. The Morgan fingerprint density at radius 2 is 2.00 bits per heavy atom. The van der Waals surface area contributed by atoms with Crippen LogP contribution >= 0.6 is 0 Å². The lowest BCUT2D eigenvalue weighted by molar-refractivity contribution is -0.384. The van der Waals surface area contributed by atoms with Crippen LogP contribution in [0.2, 0.25) is 0 Å². The first-order valence-electron chi connectivity index (χ1n) is 7.07. The maximum atomic E-state index is 11.9. The molecule has 1 aromatic rings. The van der Waals surface area contributed by atoms with Crippen molar-refractivity contribution in [3.8, 4) is 5.75 Å². The summed E-state index contributed by atoms with van der Waals surface area (Å²) in [6.45, 7) is 0. The number of esters is 1. The quantitative estimate of drug-likeness (QED) is 0.366. The van der Waals surface area contributed by atoms with Crippen LogP contribution < -0.4 is 4.74 Å². The Hall–Kier alpha value is -1.91. The average Bonchev–Trinajstić information content (AvgIpc) is 3.01. The van der Waals surface area contributed by atoms with Crippen molar-refractivity contribution >= 4 is 11.7 Å². The Labute approximate surface area is 117 Å². The van der Waals surface area contributed by atoms with Crippen molar-refractivity contribution in [1.82, 2.24) is 0 Å². The van der Waals surface area contributed by atoms with E-state index in [0.717, 1.165) is 12.3 Å². The number of carbonyl (C=O) groups is 1. The van der Waals surface area contributed by atoms with Gasteiger partial charge in [-0.25, -0.2) is 0 Å². The van der Waals surface area contributed by atoms with Gasteiger partial charge in [0.05, 0.1) is 4.92 Å². The standard InChI is InChI=1S/C15H17NO4/c17-15(9-12-8-10-1-2-11(12)7-10)20-14-5-3-13(4-6-14)16(18)19/h3-6,10-12H,1-2,7-9H2. The maximum Gasteiger partial charge on any atom is 0.311 e. The molecule has 5 heteroatoms. The number of nitrogens with zero attached hydrogens (tertiary/aromatic N) is 1. The van der Waals surface area contributed by atoms with E-state index >= 15 is 0 Å². The van der Waals surface area contributed by atoms with Crippen molar-refractivity contribution in [3.63, 3.8) is 0 Å². The van der Waals surface area contributed by atoms with Crippen molar-refractivity contribution in [2.24, 2.45) is 17.8 Å². The van der Waals surface area contributed by atoms with Crippen molar-refractivity contribution in [1.29, 1.82) is 0 Å². The first-order chi connectivity index (χ1) is 9.61. The summed E-state index contributed by atoms with van der Waals surface area (Å²) in [5, 5.41) is 10.5. The Balaban J connectivity index is 1.55. The molecule has 0 heterocycles. The van der Waals surface area contributed by atoms with E-state index in [-0.39, 0.29) is 11.7 Å². The molecule has 3 atom stereocenters. The van der Waals surface area contributed by atoms with E-state index < -0.39 is 4.92 Å². The number of non-ortho nitro benzene ring substituents is 1. The van der Waals surface area contributed by atoms with Crippen LogP contribution in [0.25, 0.3) is 0 Å². The van der Waals surface area contributed by atoms with Gasteiger partial charge in [0.25, 0.3) is 5.69 Å². The predicted octanol–water partition coefficient (Wildman–Crippen LogP) is 3.33. The fourth-order valence-corrected chi connectivity index (χ4v) is 3.65. The van der Waals surface area contributed by atoms with Crippen molar-refractivity contribution in [2.75, 3.05) is 0 Å². The minimum absolute atomic E-state index is 0.00194. The van der Waals surface area contributed by atoms with Crippen molar-refractivity contribution in [2.45, 2.75) is 32.1 Å². The zero-order valence-corrected chi connectivity index (χ0v) is 11.2. The van der Waals surface area contributed by atoms with E-state index in [1.807, 2.05) is 0 Å². The van der Waals surface area contributed by atoms with E-state index in [4.69, 9.17) is 4.74 Å². The minimum Gasteiger partial charge on any atom is -0.427 e. The molecule has 2 bridgehead atoms. The fourth-order valence-electron chi connectivity index (χ4n) is 3.65. The monoisotopic (exact) mass is 275 g/mol. The molecule has 0 spiro atoms. The zero-order chi connectivity index (χ0) is 14.1. The molecular formula is C15H17NO4. The number of benzene rings is 1. The Bertz CT molecular complexity index is 525. The van der Waals surface area contributed by atoms with E-state index in [1.165, 1.54) is 43.5 Å². The van der Waals surface area contributed by atoms with Gasteiger partial charge in [0, 0.05) is 18.6 Å². The van der Waals surface area contributed by atoms with Crippen molar-refractivity contribution in [3.05, 3.63) is 34.4 Å². The van der Waals surface area contributed by atoms with Gasteiger partial charge in [-0.1, -0.05) is 6.42 Å². The number of hydrogen-bond acceptors (Lipinski definition) is 4. The van der Waals surface area contributed by atoms with Gasteiger partial charge >= 0.3 is 5.97 Å². The second-order valence-corrected chi connectivity index (χ2v) is 5.86. The van der Waals surface area contributed by atoms with Gasteiger partial charge in [-0.2, -0.15) is 0 Å². The Kier molecular flexibility index (Phi) is 3.42. The molecule has 2 fully saturated rings. The average molecular weight is 275 g/mol. The first-order valence-corrected chi connectivity index (χ1v) is 7.07. The molecule has 2 aliphatic carbocycles. The number of fused-ring (bicyclic) bond motifs is 2. The summed E-state index contributed by atoms with van der Waals surface area (Å²) in [5.74, 6) is 2.14. The van der Waals surface area contributed by atoms with Crippen LogP contribution in [-0.4, -0.2) is 10.9 Å². The summed E-state index contributed by atoms with van der Waals surface area (Å²) in [5.41, 5.74) is -0.00194. The molecule has 5 nitrogen and oxygen atoms in total. The van der Waals surface area contributed by atoms with Crippen LogP contribution in [0.15, 0.2) is 24.3 Å². The molecule has 106 valence electrons. The van der Waals surface area contributed by atoms with Crippen LogP contribution in [0.1, 0.15) is 32.1 Å². The topological polar surface area (TPSA) is 69.4 Å². The highest BCUT2D eigenvalue weighted by Gasteiger charge is 2.40. The van der Waals surface area contributed by atoms with Gasteiger partial charge in [0.2, 0.25) is 0 Å². The van der Waals surface area contributed by atoms with Crippen LogP contribution in [-0.2, 0) is 4.79 Å². The second kappa shape index (κ2) is 5.23. The van der Waals surface area contributed by atoms with Gasteiger partial charge in [-0.3, -0.25) is 14.9 Å². The lowest BCUT2D eigenvalue weighted by Gasteiger charge is -2.20. The number of nitro benzene ring substituents is 1. The molecule has 0 aromatic heterocycles. The third-order valence-corrected chi connectivity index (χ3v) is 4.59. The van der Waals surface area contributed by atoms with Gasteiger partial charge in [-0.05, 0) is 49.1 Å². The number of ether oxygens (including phenoxy) is 1. The molecule has 2 aliphatic rings. The molecule has 2 saturated carbocycles. The summed E-state index contributed by atoms with van der Waals surface area (Å²) in [4.78, 5) is 22.0. The molecule has 20 heavy (non-hydrogen) atoms. The van der Waals surface area contributed by atoms with E-state index in [2.05, 4.69) is 0 Å². The summed E-state index contributed by atoms with van der Waals surface area (Å²) in [6, 6.07) is 5.63. The largest absolute Gasteiger partial charge is 0.427 e.